The van der Waals surface area contributed by atoms with Crippen LogP contribution >= 0.6 is 23.2 Å². The van der Waals surface area contributed by atoms with Gasteiger partial charge in [0.1, 0.15) is 0 Å². The average Bonchev–Trinajstić information content (AvgIpc) is 2.97. The van der Waals surface area contributed by atoms with Gasteiger partial charge >= 0.3 is 0 Å². The van der Waals surface area contributed by atoms with Gasteiger partial charge < -0.3 is 9.73 Å². The number of anilines is 1. The molecule has 1 aromatic heterocycles. The van der Waals surface area contributed by atoms with Gasteiger partial charge in [-0.1, -0.05) is 41.4 Å². The van der Waals surface area contributed by atoms with Crippen molar-refractivity contribution in [1.29, 1.82) is 0 Å². The number of halogens is 2. The predicted octanol–water partition coefficient (Wildman–Crippen LogP) is 4.96. The Bertz CT molecular complexity index is 802. The Balaban J connectivity index is 1.75. The van der Waals surface area contributed by atoms with Crippen LogP contribution in [0, 0.1) is 6.92 Å². The first-order valence-electron chi connectivity index (χ1n) is 6.71. The molecule has 0 aliphatic heterocycles. The molecule has 4 nitrogen and oxygen atoms in total. The van der Waals surface area contributed by atoms with Gasteiger partial charge in [0, 0.05) is 10.7 Å². The topological polar surface area (TPSA) is 51.0 Å². The molecule has 3 rings (SSSR count). The molecule has 0 saturated heterocycles. The summed E-state index contributed by atoms with van der Waals surface area (Å²) in [5.41, 5.74) is 2.75. The number of hydrogen-bond acceptors (Lipinski definition) is 4. The quantitative estimate of drug-likeness (QED) is 0.732. The van der Waals surface area contributed by atoms with Gasteiger partial charge in [0.25, 0.3) is 0 Å². The van der Waals surface area contributed by atoms with Crippen molar-refractivity contribution in [3.05, 3.63) is 64.0 Å². The monoisotopic (exact) mass is 333 g/mol. The number of aromatic nitrogens is 2. The number of rotatable bonds is 4. The average molecular weight is 334 g/mol. The molecule has 0 amide bonds. The van der Waals surface area contributed by atoms with E-state index < -0.39 is 0 Å². The first kappa shape index (κ1) is 14.9. The Hall–Kier alpha value is -2.04. The van der Waals surface area contributed by atoms with E-state index in [1.165, 1.54) is 0 Å². The summed E-state index contributed by atoms with van der Waals surface area (Å²) in [7, 11) is 0. The van der Waals surface area contributed by atoms with E-state index in [1.54, 1.807) is 6.07 Å². The van der Waals surface area contributed by atoms with E-state index in [9.17, 15) is 0 Å². The van der Waals surface area contributed by atoms with Crippen molar-refractivity contribution in [2.24, 2.45) is 0 Å². The van der Waals surface area contributed by atoms with E-state index >= 15 is 0 Å². The summed E-state index contributed by atoms with van der Waals surface area (Å²) in [5, 5.41) is 12.6. The number of hydrogen-bond donors (Lipinski definition) is 1. The molecule has 0 spiro atoms. The zero-order chi connectivity index (χ0) is 15.5. The Morgan fingerprint density at radius 1 is 1.09 bits per heavy atom. The largest absolute Gasteiger partial charge is 0.419 e. The second-order valence-electron chi connectivity index (χ2n) is 4.79. The van der Waals surface area contributed by atoms with Crippen LogP contribution in [0.2, 0.25) is 10.0 Å². The number of aryl methyl sites for hydroxylation is 1. The fourth-order valence-corrected chi connectivity index (χ4v) is 2.41. The molecule has 0 aliphatic rings. The predicted molar refractivity (Wildman–Crippen MR) is 88.3 cm³/mol. The van der Waals surface area contributed by atoms with Crippen LogP contribution in [0.15, 0.2) is 46.9 Å². The molecule has 0 saturated carbocycles. The van der Waals surface area contributed by atoms with Crippen molar-refractivity contribution in [2.45, 2.75) is 13.5 Å². The van der Waals surface area contributed by atoms with E-state index in [4.69, 9.17) is 27.6 Å². The van der Waals surface area contributed by atoms with Crippen LogP contribution in [0.3, 0.4) is 0 Å². The maximum atomic E-state index is 6.12. The van der Waals surface area contributed by atoms with Gasteiger partial charge in [0.15, 0.2) is 0 Å². The lowest BCUT2D eigenvalue weighted by Crippen LogP contribution is -2.01. The number of benzene rings is 2. The zero-order valence-electron chi connectivity index (χ0n) is 11.8. The molecule has 0 aliphatic carbocycles. The molecule has 1 heterocycles. The third-order valence-electron chi connectivity index (χ3n) is 3.20. The summed E-state index contributed by atoms with van der Waals surface area (Å²) >= 11 is 12.1. The van der Waals surface area contributed by atoms with Crippen LogP contribution < -0.4 is 5.32 Å². The van der Waals surface area contributed by atoms with Gasteiger partial charge in [0.2, 0.25) is 11.8 Å². The summed E-state index contributed by atoms with van der Waals surface area (Å²) in [6, 6.07) is 13.0. The lowest BCUT2D eigenvalue weighted by atomic mass is 10.2. The lowest BCUT2D eigenvalue weighted by Gasteiger charge is -2.07. The normalized spacial score (nSPS) is 10.7. The maximum absolute atomic E-state index is 6.12. The molecule has 0 fully saturated rings. The first-order chi connectivity index (χ1) is 10.6. The van der Waals surface area contributed by atoms with Crippen LogP contribution in [0.5, 0.6) is 0 Å². The molecule has 0 unspecified atom stereocenters. The van der Waals surface area contributed by atoms with E-state index in [2.05, 4.69) is 15.5 Å². The van der Waals surface area contributed by atoms with Gasteiger partial charge in [-0.3, -0.25) is 0 Å². The molecule has 0 bridgehead atoms. The highest BCUT2D eigenvalue weighted by molar-refractivity contribution is 6.33. The fourth-order valence-electron chi connectivity index (χ4n) is 2.02. The van der Waals surface area contributed by atoms with Crippen LogP contribution in [0.25, 0.3) is 11.5 Å². The number of nitrogens with zero attached hydrogens (tertiary/aromatic N) is 2. The lowest BCUT2D eigenvalue weighted by molar-refractivity contribution is 0.515. The molecular weight excluding hydrogens is 321 g/mol. The number of nitrogens with one attached hydrogen (secondary N) is 1. The third-order valence-corrected chi connectivity index (χ3v) is 3.77. The van der Waals surface area contributed by atoms with Crippen molar-refractivity contribution in [2.75, 3.05) is 5.32 Å². The standard InChI is InChI=1S/C16H13Cl2N3O/c1-10-6-7-11(17)8-14(10)19-9-15-20-21-16(22-15)12-4-2-3-5-13(12)18/h2-8,19H,9H2,1H3. The Morgan fingerprint density at radius 3 is 2.73 bits per heavy atom. The Kier molecular flexibility index (Phi) is 4.32. The van der Waals surface area contributed by atoms with Crippen molar-refractivity contribution in [3.8, 4) is 11.5 Å². The van der Waals surface area contributed by atoms with Crippen LogP contribution in [-0.2, 0) is 6.54 Å². The van der Waals surface area contributed by atoms with Gasteiger partial charge in [-0.05, 0) is 36.8 Å². The van der Waals surface area contributed by atoms with E-state index in [1.807, 2.05) is 43.3 Å². The Morgan fingerprint density at radius 2 is 1.91 bits per heavy atom. The highest BCUT2D eigenvalue weighted by Crippen LogP contribution is 2.26. The summed E-state index contributed by atoms with van der Waals surface area (Å²) < 4.78 is 5.64. The van der Waals surface area contributed by atoms with Gasteiger partial charge in [0.05, 0.1) is 17.1 Å². The molecule has 3 aromatic rings. The molecule has 22 heavy (non-hydrogen) atoms. The van der Waals surface area contributed by atoms with Crippen molar-refractivity contribution in [1.82, 2.24) is 10.2 Å². The second kappa shape index (κ2) is 6.38. The maximum Gasteiger partial charge on any atom is 0.249 e. The Labute approximate surface area is 138 Å². The third kappa shape index (κ3) is 3.24. The first-order valence-corrected chi connectivity index (χ1v) is 7.46. The molecule has 6 heteroatoms. The summed E-state index contributed by atoms with van der Waals surface area (Å²) in [4.78, 5) is 0. The highest BCUT2D eigenvalue weighted by atomic mass is 35.5. The second-order valence-corrected chi connectivity index (χ2v) is 5.64. The summed E-state index contributed by atoms with van der Waals surface area (Å²) in [5.74, 6) is 0.888. The summed E-state index contributed by atoms with van der Waals surface area (Å²) in [6.07, 6.45) is 0. The molecular formula is C16H13Cl2N3O. The summed E-state index contributed by atoms with van der Waals surface area (Å²) in [6.45, 7) is 2.42. The molecule has 2 aromatic carbocycles. The van der Waals surface area contributed by atoms with Crippen LogP contribution in [0.4, 0.5) is 5.69 Å². The highest BCUT2D eigenvalue weighted by Gasteiger charge is 2.11. The fraction of sp³-hybridized carbons (Fsp3) is 0.125. The minimum atomic E-state index is 0.408. The van der Waals surface area contributed by atoms with E-state index in [-0.39, 0.29) is 0 Å². The molecule has 0 atom stereocenters. The van der Waals surface area contributed by atoms with Crippen molar-refractivity contribution >= 4 is 28.9 Å². The molecule has 112 valence electrons. The zero-order valence-corrected chi connectivity index (χ0v) is 13.3. The van der Waals surface area contributed by atoms with Crippen LogP contribution in [-0.4, -0.2) is 10.2 Å². The van der Waals surface area contributed by atoms with Gasteiger partial charge in [-0.2, -0.15) is 0 Å². The van der Waals surface area contributed by atoms with Gasteiger partial charge in [-0.25, -0.2) is 0 Å². The van der Waals surface area contributed by atoms with E-state index in [0.717, 1.165) is 16.8 Å². The molecule has 0 radical (unpaired) electrons. The molecule has 1 N–H and O–H groups in total. The van der Waals surface area contributed by atoms with Gasteiger partial charge in [-0.15, -0.1) is 10.2 Å². The minimum absolute atomic E-state index is 0.408. The minimum Gasteiger partial charge on any atom is -0.419 e. The van der Waals surface area contributed by atoms with E-state index in [0.29, 0.717) is 28.4 Å². The van der Waals surface area contributed by atoms with Crippen LogP contribution in [0.1, 0.15) is 11.5 Å². The smallest absolute Gasteiger partial charge is 0.249 e. The van der Waals surface area contributed by atoms with Crippen molar-refractivity contribution < 1.29 is 4.42 Å². The SMILES string of the molecule is Cc1ccc(Cl)cc1NCc1nnc(-c2ccccc2Cl)o1. The van der Waals surface area contributed by atoms with Crippen molar-refractivity contribution in [3.63, 3.8) is 0 Å².